The first kappa shape index (κ1) is 24.8. The molecule has 0 spiro atoms. The summed E-state index contributed by atoms with van der Waals surface area (Å²) >= 11 is 6.55. The van der Waals surface area contributed by atoms with E-state index in [9.17, 15) is 9.59 Å². The molecule has 3 heterocycles. The van der Waals surface area contributed by atoms with E-state index in [2.05, 4.69) is 16.4 Å². The van der Waals surface area contributed by atoms with E-state index in [1.165, 1.54) is 6.08 Å². The number of carbonyl (C=O) groups excluding carboxylic acids is 2. The van der Waals surface area contributed by atoms with Gasteiger partial charge in [-0.05, 0) is 59.2 Å². The maximum absolute atomic E-state index is 12.7. The molecule has 2 aliphatic heterocycles. The highest BCUT2D eigenvalue weighted by Gasteiger charge is 2.26. The monoisotopic (exact) mass is 518 g/mol. The number of halogens is 1. The lowest BCUT2D eigenvalue weighted by Gasteiger charge is -2.26. The molecule has 1 aromatic heterocycles. The summed E-state index contributed by atoms with van der Waals surface area (Å²) in [6.07, 6.45) is 5.14. The molecule has 2 aliphatic rings. The van der Waals surface area contributed by atoms with E-state index in [4.69, 9.17) is 26.8 Å². The van der Waals surface area contributed by atoms with Gasteiger partial charge in [0.05, 0.1) is 24.8 Å². The van der Waals surface area contributed by atoms with Crippen molar-refractivity contribution in [2.75, 3.05) is 38.6 Å². The molecule has 190 valence electrons. The molecule has 1 saturated heterocycles. The van der Waals surface area contributed by atoms with E-state index in [0.717, 1.165) is 22.3 Å². The minimum Gasteiger partial charge on any atom is -0.486 e. The molecule has 2 amide bonds. The lowest BCUT2D eigenvalue weighted by Crippen LogP contribution is -2.40. The standard InChI is InChI=1S/C28H27ClN4O4/c29-24-15-21(19-3-5-20(6-4-19)28(35)33-9-11-36-12-10-33)13-22-14-23(37-27(22)24)17-32-26(34)8-2-18-1-7-25(30)31-16-18/h1-8,13,15-16,23H,9-12,14,17H2,(H2,30,31)(H,32,34)/b8-2+. The first-order valence-corrected chi connectivity index (χ1v) is 12.5. The average molecular weight is 519 g/mol. The first-order chi connectivity index (χ1) is 18.0. The maximum atomic E-state index is 12.7. The quantitative estimate of drug-likeness (QED) is 0.483. The van der Waals surface area contributed by atoms with Crippen LogP contribution in [0.15, 0.2) is 60.8 Å². The van der Waals surface area contributed by atoms with Gasteiger partial charge in [0.1, 0.15) is 17.7 Å². The third kappa shape index (κ3) is 5.93. The molecule has 1 fully saturated rings. The summed E-state index contributed by atoms with van der Waals surface area (Å²) in [6.45, 7) is 2.71. The van der Waals surface area contributed by atoms with Crippen LogP contribution in [0.2, 0.25) is 5.02 Å². The molecule has 3 N–H and O–H groups in total. The second-order valence-electron chi connectivity index (χ2n) is 8.97. The van der Waals surface area contributed by atoms with E-state index in [1.807, 2.05) is 35.2 Å². The van der Waals surface area contributed by atoms with Crippen LogP contribution in [0.25, 0.3) is 17.2 Å². The molecule has 0 bridgehead atoms. The third-order valence-electron chi connectivity index (χ3n) is 6.36. The maximum Gasteiger partial charge on any atom is 0.254 e. The molecule has 0 saturated carbocycles. The Hall–Kier alpha value is -3.88. The van der Waals surface area contributed by atoms with Gasteiger partial charge in [0, 0.05) is 42.9 Å². The normalized spacial score (nSPS) is 16.9. The highest BCUT2D eigenvalue weighted by molar-refractivity contribution is 6.32. The number of benzene rings is 2. The van der Waals surface area contributed by atoms with E-state index >= 15 is 0 Å². The Kier molecular flexibility index (Phi) is 7.39. The van der Waals surface area contributed by atoms with Crippen LogP contribution in [0.1, 0.15) is 21.5 Å². The number of anilines is 1. The predicted octanol–water partition coefficient (Wildman–Crippen LogP) is 3.59. The molecule has 0 radical (unpaired) electrons. The molecule has 1 atom stereocenters. The molecule has 3 aromatic rings. The number of morpholine rings is 1. The van der Waals surface area contributed by atoms with E-state index in [-0.39, 0.29) is 17.9 Å². The van der Waals surface area contributed by atoms with Crippen LogP contribution in [-0.2, 0) is 16.0 Å². The van der Waals surface area contributed by atoms with Crippen LogP contribution >= 0.6 is 11.6 Å². The molecule has 8 nitrogen and oxygen atoms in total. The molecule has 5 rings (SSSR count). The van der Waals surface area contributed by atoms with Gasteiger partial charge >= 0.3 is 0 Å². The van der Waals surface area contributed by atoms with Gasteiger partial charge < -0.3 is 25.4 Å². The van der Waals surface area contributed by atoms with Crippen LogP contribution in [0.5, 0.6) is 5.75 Å². The van der Waals surface area contributed by atoms with Crippen molar-refractivity contribution in [1.29, 1.82) is 0 Å². The van der Waals surface area contributed by atoms with E-state index in [1.54, 1.807) is 24.4 Å². The Morgan fingerprint density at radius 3 is 2.62 bits per heavy atom. The lowest BCUT2D eigenvalue weighted by molar-refractivity contribution is -0.116. The zero-order valence-electron chi connectivity index (χ0n) is 20.2. The van der Waals surface area contributed by atoms with Crippen LogP contribution in [0.3, 0.4) is 0 Å². The largest absolute Gasteiger partial charge is 0.486 e. The summed E-state index contributed by atoms with van der Waals surface area (Å²) in [7, 11) is 0. The zero-order chi connectivity index (χ0) is 25.8. The van der Waals surface area contributed by atoms with E-state index in [0.29, 0.717) is 61.4 Å². The van der Waals surface area contributed by atoms with Crippen molar-refractivity contribution in [1.82, 2.24) is 15.2 Å². The summed E-state index contributed by atoms with van der Waals surface area (Å²) in [4.78, 5) is 30.8. The number of amides is 2. The van der Waals surface area contributed by atoms with Crippen molar-refractivity contribution in [2.24, 2.45) is 0 Å². The van der Waals surface area contributed by atoms with Crippen molar-refractivity contribution < 1.29 is 19.1 Å². The Morgan fingerprint density at radius 2 is 1.89 bits per heavy atom. The summed E-state index contributed by atoms with van der Waals surface area (Å²) in [5.41, 5.74) is 9.90. The molecule has 9 heteroatoms. The number of hydrogen-bond donors (Lipinski definition) is 2. The van der Waals surface area contributed by atoms with Gasteiger partial charge in [-0.3, -0.25) is 9.59 Å². The molecular formula is C28H27ClN4O4. The number of hydrogen-bond acceptors (Lipinski definition) is 6. The van der Waals surface area contributed by atoms with Crippen molar-refractivity contribution >= 4 is 35.3 Å². The lowest BCUT2D eigenvalue weighted by atomic mass is 9.99. The number of aromatic nitrogens is 1. The number of nitrogens with zero attached hydrogens (tertiary/aromatic N) is 2. The number of nitrogens with two attached hydrogens (primary N) is 1. The predicted molar refractivity (Wildman–Crippen MR) is 142 cm³/mol. The highest BCUT2D eigenvalue weighted by atomic mass is 35.5. The number of rotatable bonds is 6. The van der Waals surface area contributed by atoms with Gasteiger partial charge in [-0.25, -0.2) is 4.98 Å². The fourth-order valence-electron chi connectivity index (χ4n) is 4.38. The third-order valence-corrected chi connectivity index (χ3v) is 6.64. The van der Waals surface area contributed by atoms with Crippen LogP contribution < -0.4 is 15.8 Å². The minimum atomic E-state index is -0.227. The number of pyridine rings is 1. The number of fused-ring (bicyclic) bond motifs is 1. The molecule has 2 aromatic carbocycles. The van der Waals surface area contributed by atoms with Crippen molar-refractivity contribution in [2.45, 2.75) is 12.5 Å². The fourth-order valence-corrected chi connectivity index (χ4v) is 4.67. The highest BCUT2D eigenvalue weighted by Crippen LogP contribution is 2.39. The van der Waals surface area contributed by atoms with Gasteiger partial charge in [0.2, 0.25) is 5.91 Å². The Morgan fingerprint density at radius 1 is 1.11 bits per heavy atom. The smallest absolute Gasteiger partial charge is 0.254 e. The van der Waals surface area contributed by atoms with Crippen molar-refractivity contribution in [3.05, 3.63) is 82.5 Å². The Labute approximate surface area is 220 Å². The SMILES string of the molecule is Nc1ccc(/C=C/C(=O)NCC2Cc3cc(-c4ccc(C(=O)N5CCOCC5)cc4)cc(Cl)c3O2)cn1. The van der Waals surface area contributed by atoms with Crippen molar-refractivity contribution in [3.8, 4) is 16.9 Å². The van der Waals surface area contributed by atoms with Gasteiger partial charge in [0.15, 0.2) is 0 Å². The average Bonchev–Trinajstić information content (AvgIpc) is 3.35. The number of nitrogens with one attached hydrogen (secondary N) is 1. The molecule has 0 aliphatic carbocycles. The van der Waals surface area contributed by atoms with Gasteiger partial charge in [-0.1, -0.05) is 23.7 Å². The summed E-state index contributed by atoms with van der Waals surface area (Å²) < 4.78 is 11.3. The fraction of sp³-hybridized carbons (Fsp3) is 0.250. The number of carbonyl (C=O) groups is 2. The number of nitrogen functional groups attached to an aromatic ring is 1. The zero-order valence-corrected chi connectivity index (χ0v) is 20.9. The molecule has 1 unspecified atom stereocenters. The second kappa shape index (κ2) is 11.0. The summed E-state index contributed by atoms with van der Waals surface area (Å²) in [6, 6.07) is 14.9. The van der Waals surface area contributed by atoms with Gasteiger partial charge in [0.25, 0.3) is 5.91 Å². The molecular weight excluding hydrogens is 492 g/mol. The van der Waals surface area contributed by atoms with Gasteiger partial charge in [-0.2, -0.15) is 0 Å². The minimum absolute atomic E-state index is 0.0140. The Balaban J connectivity index is 1.19. The summed E-state index contributed by atoms with van der Waals surface area (Å²) in [5, 5.41) is 3.39. The van der Waals surface area contributed by atoms with E-state index < -0.39 is 0 Å². The first-order valence-electron chi connectivity index (χ1n) is 12.1. The molecule has 37 heavy (non-hydrogen) atoms. The Bertz CT molecular complexity index is 1320. The summed E-state index contributed by atoms with van der Waals surface area (Å²) in [5.74, 6) is 0.861. The van der Waals surface area contributed by atoms with Crippen molar-refractivity contribution in [3.63, 3.8) is 0 Å². The van der Waals surface area contributed by atoms with Crippen LogP contribution in [0.4, 0.5) is 5.82 Å². The second-order valence-corrected chi connectivity index (χ2v) is 9.37. The van der Waals surface area contributed by atoms with Crippen LogP contribution in [-0.4, -0.2) is 60.7 Å². The van der Waals surface area contributed by atoms with Crippen LogP contribution in [0, 0.1) is 0 Å². The number of ether oxygens (including phenoxy) is 2. The topological polar surface area (TPSA) is 107 Å². The van der Waals surface area contributed by atoms with Gasteiger partial charge in [-0.15, -0.1) is 0 Å².